The van der Waals surface area contributed by atoms with Gasteiger partial charge < -0.3 is 0 Å². The van der Waals surface area contributed by atoms with Gasteiger partial charge in [-0.25, -0.2) is 0 Å². The minimum atomic E-state index is 1.20. The van der Waals surface area contributed by atoms with Gasteiger partial charge in [-0.15, -0.1) is 0 Å². The number of hydrogen-bond acceptors (Lipinski definition) is 0. The van der Waals surface area contributed by atoms with Gasteiger partial charge in [-0.2, -0.15) is 0 Å². The highest BCUT2D eigenvalue weighted by atomic mass is 28.2. The Labute approximate surface area is 141 Å². The lowest BCUT2D eigenvalue weighted by molar-refractivity contribution is 0.562. The van der Waals surface area contributed by atoms with Crippen molar-refractivity contribution in [2.45, 2.75) is 96.1 Å². The third kappa shape index (κ3) is 12.0. The molecule has 124 valence electrons. The molecular formula is C21H36Si. The van der Waals surface area contributed by atoms with Gasteiger partial charge in [0.2, 0.25) is 0 Å². The van der Waals surface area contributed by atoms with Crippen LogP contribution in [0.4, 0.5) is 0 Å². The van der Waals surface area contributed by atoms with Gasteiger partial charge in [-0.3, -0.25) is 0 Å². The van der Waals surface area contributed by atoms with Crippen molar-refractivity contribution in [2.24, 2.45) is 0 Å². The maximum atomic E-state index is 2.29. The van der Waals surface area contributed by atoms with Crippen molar-refractivity contribution in [2.75, 3.05) is 0 Å². The minimum absolute atomic E-state index is 1.20. The summed E-state index contributed by atoms with van der Waals surface area (Å²) < 4.78 is 0. The van der Waals surface area contributed by atoms with Gasteiger partial charge in [0, 0.05) is 9.52 Å². The highest BCUT2D eigenvalue weighted by molar-refractivity contribution is 6.35. The Morgan fingerprint density at radius 3 is 1.82 bits per heavy atom. The number of hydrogen-bond donors (Lipinski definition) is 0. The molecule has 0 unspecified atom stereocenters. The molecule has 0 saturated heterocycles. The molecule has 0 N–H and O–H groups in total. The average Bonchev–Trinajstić information content (AvgIpc) is 2.56. The van der Waals surface area contributed by atoms with Crippen molar-refractivity contribution in [1.29, 1.82) is 0 Å². The lowest BCUT2D eigenvalue weighted by atomic mass is 10.1. The summed E-state index contributed by atoms with van der Waals surface area (Å²) in [4.78, 5) is 0. The first kappa shape index (κ1) is 19.5. The monoisotopic (exact) mass is 316 g/mol. The quantitative estimate of drug-likeness (QED) is 0.239. The van der Waals surface area contributed by atoms with Gasteiger partial charge in [0.05, 0.1) is 0 Å². The van der Waals surface area contributed by atoms with Gasteiger partial charge in [-0.1, -0.05) is 120 Å². The molecule has 1 rings (SSSR count). The zero-order chi connectivity index (χ0) is 15.7. The Morgan fingerprint density at radius 1 is 0.636 bits per heavy atom. The number of rotatable bonds is 15. The van der Waals surface area contributed by atoms with Crippen molar-refractivity contribution in [3.05, 3.63) is 35.9 Å². The van der Waals surface area contributed by atoms with E-state index in [4.69, 9.17) is 0 Å². The van der Waals surface area contributed by atoms with Gasteiger partial charge in [0.15, 0.2) is 0 Å². The Morgan fingerprint density at radius 2 is 1.18 bits per heavy atom. The molecule has 0 atom stereocenters. The molecule has 0 aliphatic carbocycles. The second-order valence-electron chi connectivity index (χ2n) is 6.52. The van der Waals surface area contributed by atoms with E-state index in [1.54, 1.807) is 0 Å². The van der Waals surface area contributed by atoms with E-state index in [2.05, 4.69) is 37.3 Å². The van der Waals surface area contributed by atoms with E-state index in [0.717, 1.165) is 0 Å². The van der Waals surface area contributed by atoms with Gasteiger partial charge >= 0.3 is 0 Å². The van der Waals surface area contributed by atoms with Crippen LogP contribution in [0, 0.1) is 0 Å². The van der Waals surface area contributed by atoms with Crippen molar-refractivity contribution in [3.63, 3.8) is 0 Å². The minimum Gasteiger partial charge on any atom is -0.0654 e. The molecule has 0 saturated carbocycles. The van der Waals surface area contributed by atoms with Crippen molar-refractivity contribution < 1.29 is 0 Å². The summed E-state index contributed by atoms with van der Waals surface area (Å²) in [6.45, 7) is 2.29. The van der Waals surface area contributed by atoms with Gasteiger partial charge in [0.1, 0.15) is 0 Å². The van der Waals surface area contributed by atoms with E-state index in [-0.39, 0.29) is 0 Å². The first-order valence-electron chi connectivity index (χ1n) is 9.68. The predicted molar refractivity (Wildman–Crippen MR) is 102 cm³/mol. The number of unbranched alkanes of at least 4 members (excludes halogenated alkanes) is 9. The van der Waals surface area contributed by atoms with E-state index >= 15 is 0 Å². The first-order valence-corrected chi connectivity index (χ1v) is 11.1. The van der Waals surface area contributed by atoms with Crippen LogP contribution >= 0.6 is 0 Å². The molecule has 1 aromatic rings. The summed E-state index contributed by atoms with van der Waals surface area (Å²) in [5.74, 6) is 0. The zero-order valence-electron chi connectivity index (χ0n) is 14.8. The van der Waals surface area contributed by atoms with Crippen molar-refractivity contribution >= 4 is 9.52 Å². The molecular weight excluding hydrogens is 280 g/mol. The molecule has 0 nitrogen and oxygen atoms in total. The Hall–Kier alpha value is -0.563. The van der Waals surface area contributed by atoms with Crippen molar-refractivity contribution in [1.82, 2.24) is 0 Å². The molecule has 0 bridgehead atoms. The molecule has 1 aromatic carbocycles. The highest BCUT2D eigenvalue weighted by Gasteiger charge is 1.95. The Balaban J connectivity index is 1.73. The van der Waals surface area contributed by atoms with E-state index < -0.39 is 0 Å². The Kier molecular flexibility index (Phi) is 13.6. The van der Waals surface area contributed by atoms with E-state index in [1.807, 2.05) is 0 Å². The molecule has 1 heteroatoms. The summed E-state index contributed by atoms with van der Waals surface area (Å²) in [7, 11) is 1.20. The largest absolute Gasteiger partial charge is 0.0654 e. The fourth-order valence-electron chi connectivity index (χ4n) is 2.92. The fraction of sp³-hybridized carbons (Fsp3) is 0.714. The Bertz CT molecular complexity index is 320. The zero-order valence-corrected chi connectivity index (χ0v) is 15.8. The molecule has 22 heavy (non-hydrogen) atoms. The first-order chi connectivity index (χ1) is 10.9. The van der Waals surface area contributed by atoms with Crippen LogP contribution in [0.3, 0.4) is 0 Å². The molecule has 0 fully saturated rings. The van der Waals surface area contributed by atoms with Gasteiger partial charge in [0.25, 0.3) is 0 Å². The molecule has 2 radical (unpaired) electrons. The van der Waals surface area contributed by atoms with Crippen LogP contribution in [0.2, 0.25) is 12.1 Å². The molecule has 0 aliphatic heterocycles. The normalized spacial score (nSPS) is 11.0. The van der Waals surface area contributed by atoms with Crippen molar-refractivity contribution in [3.8, 4) is 0 Å². The smallest absolute Gasteiger partial charge is 0.0378 e. The molecule has 0 heterocycles. The summed E-state index contributed by atoms with van der Waals surface area (Å²) in [6.07, 6.45) is 17.2. The second-order valence-corrected chi connectivity index (χ2v) is 8.02. The standard InChI is InChI=1S/C21H36Si/c1-2-3-4-5-6-7-8-9-10-14-19-22-20-15-18-21-16-12-11-13-17-21/h11-13,16-17H,2-10,14-15,18-20H2,1H3. The van der Waals surface area contributed by atoms with Gasteiger partial charge in [-0.05, 0) is 12.0 Å². The highest BCUT2D eigenvalue weighted by Crippen LogP contribution is 2.12. The summed E-state index contributed by atoms with van der Waals surface area (Å²) in [5.41, 5.74) is 1.51. The molecule has 0 spiro atoms. The van der Waals surface area contributed by atoms with Crippen LogP contribution in [0.5, 0.6) is 0 Å². The van der Waals surface area contributed by atoms with Crippen LogP contribution in [0.15, 0.2) is 30.3 Å². The number of aryl methyl sites for hydroxylation is 1. The third-order valence-corrected chi connectivity index (χ3v) is 5.78. The lowest BCUT2D eigenvalue weighted by Gasteiger charge is -2.03. The predicted octanol–water partition coefficient (Wildman–Crippen LogP) is 7.08. The number of benzene rings is 1. The topological polar surface area (TPSA) is 0 Å². The van der Waals surface area contributed by atoms with E-state index in [9.17, 15) is 0 Å². The lowest BCUT2D eigenvalue weighted by Crippen LogP contribution is -1.92. The second kappa shape index (κ2) is 15.3. The van der Waals surface area contributed by atoms with Crippen LogP contribution in [0.25, 0.3) is 0 Å². The molecule has 0 aromatic heterocycles. The van der Waals surface area contributed by atoms with Crippen LogP contribution in [-0.4, -0.2) is 9.52 Å². The molecule has 0 aliphatic rings. The van der Waals surface area contributed by atoms with E-state index in [0.29, 0.717) is 0 Å². The van der Waals surface area contributed by atoms with E-state index in [1.165, 1.54) is 104 Å². The van der Waals surface area contributed by atoms with Crippen LogP contribution in [-0.2, 0) is 6.42 Å². The third-order valence-electron chi connectivity index (χ3n) is 4.37. The maximum absolute atomic E-state index is 2.29. The fourth-order valence-corrected chi connectivity index (χ4v) is 4.10. The summed E-state index contributed by atoms with van der Waals surface area (Å²) in [5, 5.41) is 0. The summed E-state index contributed by atoms with van der Waals surface area (Å²) in [6, 6.07) is 13.8. The maximum Gasteiger partial charge on any atom is 0.0378 e. The van der Waals surface area contributed by atoms with Crippen LogP contribution in [0.1, 0.15) is 83.1 Å². The SMILES string of the molecule is CCCCCCCCCCCC[Si]CCCc1ccccc1. The van der Waals surface area contributed by atoms with Crippen LogP contribution < -0.4 is 0 Å². The summed E-state index contributed by atoms with van der Waals surface area (Å²) >= 11 is 0. The average molecular weight is 317 g/mol. The molecule has 0 amide bonds.